The normalized spacial score (nSPS) is 37.3. The van der Waals surface area contributed by atoms with Gasteiger partial charge in [0, 0.05) is 12.6 Å². The highest BCUT2D eigenvalue weighted by Gasteiger charge is 2.48. The summed E-state index contributed by atoms with van der Waals surface area (Å²) >= 11 is 0. The first-order chi connectivity index (χ1) is 7.15. The maximum atomic E-state index is 11.4. The van der Waals surface area contributed by atoms with Gasteiger partial charge in [0.25, 0.3) is 0 Å². The lowest BCUT2D eigenvalue weighted by molar-refractivity contribution is -0.162. The van der Waals surface area contributed by atoms with Crippen LogP contribution in [0.4, 0.5) is 0 Å². The molecular formula is C11H19NO3. The van der Waals surface area contributed by atoms with Gasteiger partial charge in [0.2, 0.25) is 0 Å². The van der Waals surface area contributed by atoms with Crippen LogP contribution >= 0.6 is 0 Å². The number of ether oxygens (including phenoxy) is 1. The van der Waals surface area contributed by atoms with Crippen LogP contribution in [0.15, 0.2) is 0 Å². The Bertz CT molecular complexity index is 252. The van der Waals surface area contributed by atoms with Crippen molar-refractivity contribution < 1.29 is 14.6 Å². The number of aliphatic carboxylic acids is 1. The Balaban J connectivity index is 2.09. The third-order valence-corrected chi connectivity index (χ3v) is 3.95. The van der Waals surface area contributed by atoms with Crippen molar-refractivity contribution in [3.8, 4) is 0 Å². The maximum Gasteiger partial charge on any atom is 0.313 e. The molecule has 1 heterocycles. The fraction of sp³-hybridized carbons (Fsp3) is 0.909. The average Bonchev–Trinajstić information content (AvgIpc) is 2.14. The van der Waals surface area contributed by atoms with E-state index in [1.165, 1.54) is 6.42 Å². The molecule has 3 N–H and O–H groups in total. The number of carbonyl (C=O) groups is 1. The summed E-state index contributed by atoms with van der Waals surface area (Å²) in [5.74, 6) is -0.226. The van der Waals surface area contributed by atoms with Gasteiger partial charge in [-0.1, -0.05) is 19.3 Å². The molecule has 4 heteroatoms. The highest BCUT2D eigenvalue weighted by molar-refractivity contribution is 5.76. The van der Waals surface area contributed by atoms with Crippen LogP contribution in [0.5, 0.6) is 0 Å². The molecule has 1 aliphatic carbocycles. The van der Waals surface area contributed by atoms with Crippen molar-refractivity contribution in [2.45, 2.75) is 38.1 Å². The van der Waals surface area contributed by atoms with Crippen LogP contribution in [-0.4, -0.2) is 30.3 Å². The molecule has 1 saturated heterocycles. The van der Waals surface area contributed by atoms with Crippen molar-refractivity contribution in [2.24, 2.45) is 17.1 Å². The van der Waals surface area contributed by atoms with Gasteiger partial charge in [-0.2, -0.15) is 0 Å². The van der Waals surface area contributed by atoms with Crippen LogP contribution in [-0.2, 0) is 9.53 Å². The molecule has 15 heavy (non-hydrogen) atoms. The van der Waals surface area contributed by atoms with Crippen LogP contribution in [0.25, 0.3) is 0 Å². The predicted octanol–water partition coefficient (Wildman–Crippen LogP) is 0.995. The molecule has 0 radical (unpaired) electrons. The summed E-state index contributed by atoms with van der Waals surface area (Å²) in [6.07, 6.45) is 4.91. The maximum absolute atomic E-state index is 11.4. The zero-order valence-corrected chi connectivity index (χ0v) is 8.95. The summed E-state index contributed by atoms with van der Waals surface area (Å²) in [6.45, 7) is 0.890. The number of hydrogen-bond donors (Lipinski definition) is 2. The smallest absolute Gasteiger partial charge is 0.313 e. The Morgan fingerprint density at radius 1 is 1.47 bits per heavy atom. The Labute approximate surface area is 89.8 Å². The molecule has 0 spiro atoms. The van der Waals surface area contributed by atoms with Crippen molar-refractivity contribution in [3.63, 3.8) is 0 Å². The lowest BCUT2D eigenvalue weighted by Crippen LogP contribution is -2.55. The van der Waals surface area contributed by atoms with Crippen LogP contribution in [0.3, 0.4) is 0 Å². The summed E-state index contributed by atoms with van der Waals surface area (Å²) in [7, 11) is 0. The summed E-state index contributed by atoms with van der Waals surface area (Å²) in [5.41, 5.74) is 5.17. The third-order valence-electron chi connectivity index (χ3n) is 3.95. The molecule has 2 aliphatic rings. The zero-order valence-electron chi connectivity index (χ0n) is 8.95. The molecule has 0 aromatic carbocycles. The largest absolute Gasteiger partial charge is 0.481 e. The van der Waals surface area contributed by atoms with Crippen LogP contribution in [0.1, 0.15) is 32.1 Å². The van der Waals surface area contributed by atoms with Gasteiger partial charge in [0.05, 0.1) is 6.61 Å². The van der Waals surface area contributed by atoms with E-state index in [0.717, 1.165) is 12.8 Å². The van der Waals surface area contributed by atoms with Crippen LogP contribution < -0.4 is 5.73 Å². The number of carboxylic acids is 1. The molecule has 2 unspecified atom stereocenters. The first-order valence-electron chi connectivity index (χ1n) is 5.72. The molecule has 86 valence electrons. The molecule has 1 saturated carbocycles. The number of nitrogens with two attached hydrogens (primary N) is 1. The molecule has 0 aromatic rings. The van der Waals surface area contributed by atoms with E-state index in [9.17, 15) is 9.90 Å². The van der Waals surface area contributed by atoms with Crippen LogP contribution in [0, 0.1) is 11.3 Å². The minimum atomic E-state index is -0.816. The minimum Gasteiger partial charge on any atom is -0.481 e. The van der Waals surface area contributed by atoms with Gasteiger partial charge in [-0.15, -0.1) is 0 Å². The van der Waals surface area contributed by atoms with E-state index in [-0.39, 0.29) is 6.04 Å². The fourth-order valence-corrected chi connectivity index (χ4v) is 2.58. The summed E-state index contributed by atoms with van der Waals surface area (Å²) < 4.78 is 5.33. The first kappa shape index (κ1) is 10.9. The highest BCUT2D eigenvalue weighted by atomic mass is 16.5. The van der Waals surface area contributed by atoms with Gasteiger partial charge in [0.15, 0.2) is 0 Å². The van der Waals surface area contributed by atoms with Gasteiger partial charge in [0.1, 0.15) is 5.41 Å². The van der Waals surface area contributed by atoms with Crippen LogP contribution in [0.2, 0.25) is 0 Å². The van der Waals surface area contributed by atoms with Gasteiger partial charge < -0.3 is 15.6 Å². The molecular weight excluding hydrogens is 194 g/mol. The number of carboxylic acid groups (broad SMARTS) is 1. The van der Waals surface area contributed by atoms with Crippen molar-refractivity contribution in [1.29, 1.82) is 0 Å². The molecule has 0 aromatic heterocycles. The van der Waals surface area contributed by atoms with E-state index in [1.807, 2.05) is 0 Å². The number of rotatable bonds is 3. The standard InChI is InChI=1S/C11H19NO3/c12-9-4-5-15-7-11(9,10(13)14)6-8-2-1-3-8/h8-9H,1-7,12H2,(H,13,14). The molecule has 4 nitrogen and oxygen atoms in total. The van der Waals surface area contributed by atoms with E-state index in [1.54, 1.807) is 0 Å². The molecule has 0 bridgehead atoms. The number of hydrogen-bond acceptors (Lipinski definition) is 3. The first-order valence-corrected chi connectivity index (χ1v) is 5.72. The average molecular weight is 213 g/mol. The van der Waals surface area contributed by atoms with E-state index >= 15 is 0 Å². The molecule has 1 aliphatic heterocycles. The Morgan fingerprint density at radius 3 is 2.67 bits per heavy atom. The third kappa shape index (κ3) is 1.88. The Hall–Kier alpha value is -0.610. The summed E-state index contributed by atoms with van der Waals surface area (Å²) in [5, 5.41) is 9.37. The molecule has 2 atom stereocenters. The topological polar surface area (TPSA) is 72.5 Å². The summed E-state index contributed by atoms with van der Waals surface area (Å²) in [6, 6.07) is -0.246. The fourth-order valence-electron chi connectivity index (χ4n) is 2.58. The predicted molar refractivity (Wildman–Crippen MR) is 55.4 cm³/mol. The van der Waals surface area contributed by atoms with Crippen molar-refractivity contribution in [2.75, 3.05) is 13.2 Å². The monoisotopic (exact) mass is 213 g/mol. The van der Waals surface area contributed by atoms with E-state index in [0.29, 0.717) is 32.0 Å². The molecule has 2 fully saturated rings. The molecule has 0 amide bonds. The van der Waals surface area contributed by atoms with Gasteiger partial charge in [-0.05, 0) is 18.8 Å². The zero-order chi connectivity index (χ0) is 10.9. The van der Waals surface area contributed by atoms with Gasteiger partial charge >= 0.3 is 5.97 Å². The Morgan fingerprint density at radius 2 is 2.20 bits per heavy atom. The van der Waals surface area contributed by atoms with Crippen molar-refractivity contribution in [1.82, 2.24) is 0 Å². The van der Waals surface area contributed by atoms with Crippen molar-refractivity contribution in [3.05, 3.63) is 0 Å². The highest BCUT2D eigenvalue weighted by Crippen LogP contribution is 2.41. The minimum absolute atomic E-state index is 0.246. The van der Waals surface area contributed by atoms with Gasteiger partial charge in [-0.25, -0.2) is 0 Å². The molecule has 2 rings (SSSR count). The SMILES string of the molecule is NC1CCOCC1(CC1CCC1)C(=O)O. The lowest BCUT2D eigenvalue weighted by Gasteiger charge is -2.42. The second-order valence-electron chi connectivity index (χ2n) is 4.91. The lowest BCUT2D eigenvalue weighted by atomic mass is 9.67. The second kappa shape index (κ2) is 4.10. The quantitative estimate of drug-likeness (QED) is 0.733. The van der Waals surface area contributed by atoms with Gasteiger partial charge in [-0.3, -0.25) is 4.79 Å². The van der Waals surface area contributed by atoms with E-state index in [4.69, 9.17) is 10.5 Å². The Kier molecular flexibility index (Phi) is 2.98. The van der Waals surface area contributed by atoms with Crippen molar-refractivity contribution >= 4 is 5.97 Å². The summed E-state index contributed by atoms with van der Waals surface area (Å²) in [4.78, 5) is 11.4. The van der Waals surface area contributed by atoms with E-state index < -0.39 is 11.4 Å². The second-order valence-corrected chi connectivity index (χ2v) is 4.91. The van der Waals surface area contributed by atoms with E-state index in [2.05, 4.69) is 0 Å².